The normalized spacial score (nSPS) is 11.0. The number of aryl methyl sites for hydroxylation is 1. The van der Waals surface area contributed by atoms with Crippen molar-refractivity contribution >= 4 is 23.7 Å². The van der Waals surface area contributed by atoms with Gasteiger partial charge in [0.25, 0.3) is 5.91 Å². The average molecular weight is 405 g/mol. The summed E-state index contributed by atoms with van der Waals surface area (Å²) in [6, 6.07) is 11.4. The first-order valence-electron chi connectivity index (χ1n) is 8.16. The number of nitrogens with zero attached hydrogens (tertiary/aromatic N) is 3. The number of halogens is 3. The Balaban J connectivity index is 1.63. The van der Waals surface area contributed by atoms with Gasteiger partial charge in [-0.1, -0.05) is 23.7 Å². The van der Waals surface area contributed by atoms with Crippen LogP contribution in [0.25, 0.3) is 5.69 Å². The summed E-state index contributed by atoms with van der Waals surface area (Å²) in [6.07, 6.45) is 1.34. The fraction of sp³-hybridized carbons (Fsp3) is 0.105. The lowest BCUT2D eigenvalue weighted by Gasteiger charge is -2.05. The number of amides is 1. The van der Waals surface area contributed by atoms with Gasteiger partial charge in [-0.15, -0.1) is 0 Å². The summed E-state index contributed by atoms with van der Waals surface area (Å²) in [6.45, 7) is 1.32. The molecular weight excluding hydrogens is 390 g/mol. The molecule has 9 heteroatoms. The van der Waals surface area contributed by atoms with E-state index in [4.69, 9.17) is 16.3 Å². The van der Waals surface area contributed by atoms with Gasteiger partial charge in [0.05, 0.1) is 23.2 Å². The molecule has 3 rings (SSSR count). The Labute approximate surface area is 164 Å². The lowest BCUT2D eigenvalue weighted by molar-refractivity contribution is -0.123. The number of carbonyl (C=O) groups excluding carboxylic acids is 1. The van der Waals surface area contributed by atoms with E-state index in [-0.39, 0.29) is 16.7 Å². The molecule has 6 nitrogen and oxygen atoms in total. The van der Waals surface area contributed by atoms with Crippen molar-refractivity contribution < 1.29 is 18.3 Å². The van der Waals surface area contributed by atoms with Gasteiger partial charge in [0.15, 0.2) is 18.2 Å². The first-order chi connectivity index (χ1) is 13.5. The van der Waals surface area contributed by atoms with Gasteiger partial charge in [-0.05, 0) is 43.3 Å². The number of hydrogen-bond acceptors (Lipinski definition) is 4. The molecule has 0 bridgehead atoms. The van der Waals surface area contributed by atoms with Gasteiger partial charge in [-0.25, -0.2) is 18.9 Å². The van der Waals surface area contributed by atoms with Crippen LogP contribution < -0.4 is 10.2 Å². The second kappa shape index (κ2) is 8.62. The van der Waals surface area contributed by atoms with E-state index in [0.717, 1.165) is 0 Å². The second-order valence-corrected chi connectivity index (χ2v) is 6.05. The van der Waals surface area contributed by atoms with Crippen LogP contribution in [0.1, 0.15) is 11.3 Å². The van der Waals surface area contributed by atoms with E-state index in [1.807, 2.05) is 0 Å². The number of carbonyl (C=O) groups is 1. The molecule has 0 atom stereocenters. The Hall–Kier alpha value is -3.26. The molecule has 0 aliphatic heterocycles. The van der Waals surface area contributed by atoms with Crippen molar-refractivity contribution in [2.24, 2.45) is 5.10 Å². The van der Waals surface area contributed by atoms with Gasteiger partial charge in [-0.2, -0.15) is 10.2 Å². The SMILES string of the molecule is Cc1nn(-c2ccc(F)cc2)c(Cl)c1/C=N\NC(=O)COc1ccccc1F. The zero-order chi connectivity index (χ0) is 20.1. The van der Waals surface area contributed by atoms with Crippen LogP contribution in [0.3, 0.4) is 0 Å². The molecule has 0 aliphatic rings. The Kier molecular flexibility index (Phi) is 6.00. The van der Waals surface area contributed by atoms with Crippen molar-refractivity contribution in [3.63, 3.8) is 0 Å². The van der Waals surface area contributed by atoms with Gasteiger partial charge >= 0.3 is 0 Å². The monoisotopic (exact) mass is 404 g/mol. The molecule has 0 saturated carbocycles. The molecule has 0 radical (unpaired) electrons. The first kappa shape index (κ1) is 19.5. The molecule has 1 amide bonds. The van der Waals surface area contributed by atoms with Gasteiger partial charge in [0.2, 0.25) is 0 Å². The van der Waals surface area contributed by atoms with Crippen LogP contribution in [0.2, 0.25) is 5.15 Å². The molecule has 1 aromatic heterocycles. The maximum Gasteiger partial charge on any atom is 0.277 e. The summed E-state index contributed by atoms with van der Waals surface area (Å²) in [4.78, 5) is 11.8. The maximum atomic E-state index is 13.4. The minimum atomic E-state index is -0.570. The molecule has 0 spiro atoms. The molecule has 0 fully saturated rings. The predicted octanol–water partition coefficient (Wildman–Crippen LogP) is 3.64. The van der Waals surface area contributed by atoms with E-state index in [9.17, 15) is 13.6 Å². The number of ether oxygens (including phenoxy) is 1. The number of hydrazone groups is 1. The summed E-state index contributed by atoms with van der Waals surface area (Å²) in [5.74, 6) is -1.53. The topological polar surface area (TPSA) is 68.5 Å². The quantitative estimate of drug-likeness (QED) is 0.503. The molecule has 144 valence electrons. The number of benzene rings is 2. The summed E-state index contributed by atoms with van der Waals surface area (Å²) in [7, 11) is 0. The van der Waals surface area contributed by atoms with Crippen LogP contribution in [0, 0.1) is 18.6 Å². The van der Waals surface area contributed by atoms with Crippen molar-refractivity contribution in [1.29, 1.82) is 0 Å². The Morgan fingerprint density at radius 3 is 2.68 bits per heavy atom. The van der Waals surface area contributed by atoms with Gasteiger partial charge in [-0.3, -0.25) is 4.79 Å². The third-order valence-electron chi connectivity index (χ3n) is 3.70. The van der Waals surface area contributed by atoms with Crippen LogP contribution >= 0.6 is 11.6 Å². The van der Waals surface area contributed by atoms with Gasteiger partial charge in [0.1, 0.15) is 11.0 Å². The summed E-state index contributed by atoms with van der Waals surface area (Å²) in [5.41, 5.74) is 3.90. The van der Waals surface area contributed by atoms with Crippen LogP contribution in [0.15, 0.2) is 53.6 Å². The highest BCUT2D eigenvalue weighted by Gasteiger charge is 2.13. The lowest BCUT2D eigenvalue weighted by atomic mass is 10.3. The molecule has 2 aromatic carbocycles. The summed E-state index contributed by atoms with van der Waals surface area (Å²) in [5, 5.41) is 8.36. The third kappa shape index (κ3) is 4.52. The molecule has 28 heavy (non-hydrogen) atoms. The number of para-hydroxylation sites is 1. The average Bonchev–Trinajstić information content (AvgIpc) is 2.96. The van der Waals surface area contributed by atoms with Crippen molar-refractivity contribution in [2.75, 3.05) is 6.61 Å². The summed E-state index contributed by atoms with van der Waals surface area (Å²) >= 11 is 6.31. The molecule has 0 saturated heterocycles. The molecule has 0 unspecified atom stereocenters. The maximum absolute atomic E-state index is 13.4. The van der Waals surface area contributed by atoms with Crippen molar-refractivity contribution in [3.05, 3.63) is 76.6 Å². The van der Waals surface area contributed by atoms with Gasteiger partial charge < -0.3 is 4.74 Å². The van der Waals surface area contributed by atoms with Crippen molar-refractivity contribution in [3.8, 4) is 11.4 Å². The van der Waals surface area contributed by atoms with Crippen LogP contribution in [0.4, 0.5) is 8.78 Å². The Morgan fingerprint density at radius 1 is 1.25 bits per heavy atom. The fourth-order valence-electron chi connectivity index (χ4n) is 2.32. The largest absolute Gasteiger partial charge is 0.481 e. The molecule has 0 aliphatic carbocycles. The van der Waals surface area contributed by atoms with E-state index >= 15 is 0 Å². The van der Waals surface area contributed by atoms with Crippen molar-refractivity contribution in [2.45, 2.75) is 6.92 Å². The molecule has 3 aromatic rings. The third-order valence-corrected chi connectivity index (χ3v) is 4.06. The summed E-state index contributed by atoms with van der Waals surface area (Å²) < 4.78 is 33.0. The van der Waals surface area contributed by atoms with E-state index in [1.54, 1.807) is 13.0 Å². The second-order valence-electron chi connectivity index (χ2n) is 5.69. The van der Waals surface area contributed by atoms with Crippen LogP contribution in [0.5, 0.6) is 5.75 Å². The standard InChI is InChI=1S/C19H15ClF2N4O2/c1-12-15(19(20)26(25-12)14-8-6-13(21)7-9-14)10-23-24-18(27)11-28-17-5-3-2-4-16(17)22/h2-10H,11H2,1H3,(H,24,27)/b23-10-. The van der Waals surface area contributed by atoms with Crippen LogP contribution in [-0.2, 0) is 4.79 Å². The predicted molar refractivity (Wildman–Crippen MR) is 101 cm³/mol. The minimum Gasteiger partial charge on any atom is -0.481 e. The zero-order valence-corrected chi connectivity index (χ0v) is 15.5. The first-order valence-corrected chi connectivity index (χ1v) is 8.54. The Bertz CT molecular complexity index is 1020. The highest BCUT2D eigenvalue weighted by atomic mass is 35.5. The van der Waals surface area contributed by atoms with Gasteiger partial charge in [0, 0.05) is 0 Å². The molecule has 1 N–H and O–H groups in total. The van der Waals surface area contributed by atoms with E-state index in [0.29, 0.717) is 16.9 Å². The van der Waals surface area contributed by atoms with Crippen LogP contribution in [-0.4, -0.2) is 28.5 Å². The smallest absolute Gasteiger partial charge is 0.277 e. The lowest BCUT2D eigenvalue weighted by Crippen LogP contribution is -2.24. The zero-order valence-electron chi connectivity index (χ0n) is 14.7. The van der Waals surface area contributed by atoms with E-state index in [1.165, 1.54) is 53.4 Å². The van der Waals surface area contributed by atoms with Crippen molar-refractivity contribution in [1.82, 2.24) is 15.2 Å². The minimum absolute atomic E-state index is 0.0268. The number of nitrogens with one attached hydrogen (secondary N) is 1. The Morgan fingerprint density at radius 2 is 1.96 bits per heavy atom. The fourth-order valence-corrected chi connectivity index (χ4v) is 2.64. The van der Waals surface area contributed by atoms with E-state index < -0.39 is 18.3 Å². The number of rotatable bonds is 6. The molecular formula is C19H15ClF2N4O2. The highest BCUT2D eigenvalue weighted by molar-refractivity contribution is 6.32. The number of hydrogen-bond donors (Lipinski definition) is 1. The van der Waals surface area contributed by atoms with E-state index in [2.05, 4.69) is 15.6 Å². The molecule has 1 heterocycles. The highest BCUT2D eigenvalue weighted by Crippen LogP contribution is 2.22. The number of aromatic nitrogens is 2.